The molecule has 2 rings (SSSR count). The van der Waals surface area contributed by atoms with Gasteiger partial charge in [-0.05, 0) is 43.7 Å². The lowest BCUT2D eigenvalue weighted by molar-refractivity contribution is -0.121. The zero-order valence-electron chi connectivity index (χ0n) is 13.9. The van der Waals surface area contributed by atoms with E-state index in [-0.39, 0.29) is 18.0 Å². The van der Waals surface area contributed by atoms with Gasteiger partial charge in [0.1, 0.15) is 18.2 Å². The Kier molecular flexibility index (Phi) is 6.62. The van der Waals surface area contributed by atoms with E-state index in [0.29, 0.717) is 28.6 Å². The van der Waals surface area contributed by atoms with Gasteiger partial charge in [0.05, 0.1) is 5.69 Å². The predicted octanol–water partition coefficient (Wildman–Crippen LogP) is 2.29. The third-order valence-corrected chi connectivity index (χ3v) is 4.81. The second kappa shape index (κ2) is 8.70. The van der Waals surface area contributed by atoms with Crippen molar-refractivity contribution in [3.63, 3.8) is 0 Å². The van der Waals surface area contributed by atoms with Gasteiger partial charge in [0.25, 0.3) is 5.56 Å². The van der Waals surface area contributed by atoms with Crippen LogP contribution in [0.15, 0.2) is 34.0 Å². The number of benzene rings is 1. The maximum atomic E-state index is 12.1. The van der Waals surface area contributed by atoms with Crippen molar-refractivity contribution in [3.05, 3.63) is 56.5 Å². The number of hydrogen-bond donors (Lipinski definition) is 1. The van der Waals surface area contributed by atoms with E-state index in [2.05, 4.69) is 10.4 Å². The second-order valence-corrected chi connectivity index (χ2v) is 6.92. The average Bonchev–Trinajstić information content (AvgIpc) is 2.59. The number of carbonyl (C=O) groups is 1. The quantitative estimate of drug-likeness (QED) is 0.617. The predicted molar refractivity (Wildman–Crippen MR) is 97.9 cm³/mol. The monoisotopic (exact) mass is 376 g/mol. The summed E-state index contributed by atoms with van der Waals surface area (Å²) in [6.45, 7) is 3.62. The summed E-state index contributed by atoms with van der Waals surface area (Å²) >= 11 is 7.42. The number of amides is 1. The van der Waals surface area contributed by atoms with Crippen LogP contribution >= 0.6 is 23.4 Å². The molecule has 0 saturated carbocycles. The van der Waals surface area contributed by atoms with E-state index in [9.17, 15) is 9.59 Å². The van der Waals surface area contributed by atoms with Gasteiger partial charge in [-0.2, -0.15) is 10.4 Å². The standard InChI is InChI=1S/C17H17ClN4O2S/c1-11-12(2)21-22(17(24)15(11)9-19)10-16(23)20-7-8-25-14-5-3-13(18)4-6-14/h3-6H,7-8,10H2,1-2H3,(H,20,23). The van der Waals surface area contributed by atoms with Gasteiger partial charge in [0.15, 0.2) is 0 Å². The minimum Gasteiger partial charge on any atom is -0.354 e. The molecule has 1 amide bonds. The van der Waals surface area contributed by atoms with Crippen LogP contribution in [0.25, 0.3) is 0 Å². The second-order valence-electron chi connectivity index (χ2n) is 5.31. The molecule has 1 aromatic carbocycles. The first-order valence-corrected chi connectivity index (χ1v) is 8.92. The zero-order chi connectivity index (χ0) is 18.4. The molecule has 2 aromatic rings. The molecule has 6 nitrogen and oxygen atoms in total. The van der Waals surface area contributed by atoms with Gasteiger partial charge in [-0.3, -0.25) is 9.59 Å². The number of aryl methyl sites for hydroxylation is 1. The number of rotatable bonds is 6. The van der Waals surface area contributed by atoms with E-state index in [1.54, 1.807) is 25.6 Å². The van der Waals surface area contributed by atoms with E-state index in [1.165, 1.54) is 0 Å². The molecule has 130 valence electrons. The molecule has 0 unspecified atom stereocenters. The molecule has 0 fully saturated rings. The number of aromatic nitrogens is 2. The molecule has 25 heavy (non-hydrogen) atoms. The summed E-state index contributed by atoms with van der Waals surface area (Å²) in [5.41, 5.74) is 0.584. The Hall–Kier alpha value is -2.30. The van der Waals surface area contributed by atoms with Crippen molar-refractivity contribution < 1.29 is 4.79 Å². The Morgan fingerprint density at radius 1 is 1.36 bits per heavy atom. The van der Waals surface area contributed by atoms with Crippen LogP contribution in [0.5, 0.6) is 0 Å². The SMILES string of the molecule is Cc1nn(CC(=O)NCCSc2ccc(Cl)cc2)c(=O)c(C#N)c1C. The molecule has 0 atom stereocenters. The summed E-state index contributed by atoms with van der Waals surface area (Å²) in [6.07, 6.45) is 0. The Morgan fingerprint density at radius 3 is 2.68 bits per heavy atom. The molecule has 0 radical (unpaired) electrons. The third-order valence-electron chi connectivity index (χ3n) is 3.55. The molecule has 0 aliphatic rings. The van der Waals surface area contributed by atoms with Crippen LogP contribution in [0.3, 0.4) is 0 Å². The third kappa shape index (κ3) is 5.08. The molecule has 1 heterocycles. The first-order valence-electron chi connectivity index (χ1n) is 7.56. The molecule has 1 aromatic heterocycles. The lowest BCUT2D eigenvalue weighted by Crippen LogP contribution is -2.36. The van der Waals surface area contributed by atoms with Gasteiger partial charge in [0.2, 0.25) is 5.91 Å². The smallest absolute Gasteiger partial charge is 0.285 e. The number of carbonyl (C=O) groups excluding carboxylic acids is 1. The highest BCUT2D eigenvalue weighted by Gasteiger charge is 2.13. The highest BCUT2D eigenvalue weighted by atomic mass is 35.5. The fourth-order valence-corrected chi connectivity index (χ4v) is 2.99. The highest BCUT2D eigenvalue weighted by Crippen LogP contribution is 2.19. The fraction of sp³-hybridized carbons (Fsp3) is 0.294. The molecule has 0 saturated heterocycles. The van der Waals surface area contributed by atoms with Crippen molar-refractivity contribution in [2.24, 2.45) is 0 Å². The minimum atomic E-state index is -0.545. The van der Waals surface area contributed by atoms with Crippen molar-refractivity contribution in [3.8, 4) is 6.07 Å². The molecule has 1 N–H and O–H groups in total. The van der Waals surface area contributed by atoms with Gasteiger partial charge < -0.3 is 5.32 Å². The summed E-state index contributed by atoms with van der Waals surface area (Å²) in [5, 5.41) is 16.6. The van der Waals surface area contributed by atoms with E-state index in [0.717, 1.165) is 9.58 Å². The Labute approximate surface area is 154 Å². The lowest BCUT2D eigenvalue weighted by Gasteiger charge is -2.09. The number of thioether (sulfide) groups is 1. The Morgan fingerprint density at radius 2 is 2.04 bits per heavy atom. The van der Waals surface area contributed by atoms with Crippen LogP contribution < -0.4 is 10.9 Å². The first-order chi connectivity index (χ1) is 11.9. The minimum absolute atomic E-state index is 0.0265. The van der Waals surface area contributed by atoms with Gasteiger partial charge in [-0.1, -0.05) is 11.6 Å². The van der Waals surface area contributed by atoms with E-state index in [4.69, 9.17) is 16.9 Å². The van der Waals surface area contributed by atoms with Crippen LogP contribution in [0.4, 0.5) is 0 Å². The van der Waals surface area contributed by atoms with Crippen molar-refractivity contribution in [2.45, 2.75) is 25.3 Å². The van der Waals surface area contributed by atoms with Gasteiger partial charge in [-0.25, -0.2) is 4.68 Å². The molecule has 0 aliphatic carbocycles. The van der Waals surface area contributed by atoms with Crippen molar-refractivity contribution in [1.29, 1.82) is 5.26 Å². The summed E-state index contributed by atoms with van der Waals surface area (Å²) in [5.74, 6) is 0.366. The molecule has 0 bridgehead atoms. The van der Waals surface area contributed by atoms with Gasteiger partial charge in [0, 0.05) is 22.2 Å². The molecular formula is C17H17ClN4O2S. The summed E-state index contributed by atoms with van der Waals surface area (Å²) in [4.78, 5) is 25.2. The normalized spacial score (nSPS) is 10.3. The first kappa shape index (κ1) is 19.0. The molecular weight excluding hydrogens is 360 g/mol. The van der Waals surface area contributed by atoms with E-state index < -0.39 is 5.56 Å². The van der Waals surface area contributed by atoms with Crippen LogP contribution in [0.2, 0.25) is 5.02 Å². The molecule has 0 spiro atoms. The number of halogens is 1. The lowest BCUT2D eigenvalue weighted by atomic mass is 10.1. The molecule has 8 heteroatoms. The Bertz CT molecular complexity index is 872. The van der Waals surface area contributed by atoms with Crippen molar-refractivity contribution >= 4 is 29.3 Å². The summed E-state index contributed by atoms with van der Waals surface area (Å²) in [7, 11) is 0. The van der Waals surface area contributed by atoms with E-state index in [1.807, 2.05) is 30.3 Å². The van der Waals surface area contributed by atoms with Crippen LogP contribution in [0, 0.1) is 25.2 Å². The molecule has 0 aliphatic heterocycles. The maximum absolute atomic E-state index is 12.1. The summed E-state index contributed by atoms with van der Waals surface area (Å²) in [6, 6.07) is 9.33. The van der Waals surface area contributed by atoms with Crippen LogP contribution in [0.1, 0.15) is 16.8 Å². The van der Waals surface area contributed by atoms with Crippen molar-refractivity contribution in [1.82, 2.24) is 15.1 Å². The number of nitrogens with one attached hydrogen (secondary N) is 1. The average molecular weight is 377 g/mol. The maximum Gasteiger partial charge on any atom is 0.285 e. The van der Waals surface area contributed by atoms with Crippen molar-refractivity contribution in [2.75, 3.05) is 12.3 Å². The van der Waals surface area contributed by atoms with Crippen LogP contribution in [-0.2, 0) is 11.3 Å². The number of nitrogens with zero attached hydrogens (tertiary/aromatic N) is 3. The zero-order valence-corrected chi connectivity index (χ0v) is 15.4. The number of hydrogen-bond acceptors (Lipinski definition) is 5. The fourth-order valence-electron chi connectivity index (χ4n) is 2.09. The topological polar surface area (TPSA) is 87.8 Å². The van der Waals surface area contributed by atoms with E-state index >= 15 is 0 Å². The largest absolute Gasteiger partial charge is 0.354 e. The summed E-state index contributed by atoms with van der Waals surface area (Å²) < 4.78 is 1.03. The number of nitriles is 1. The van der Waals surface area contributed by atoms with Gasteiger partial charge in [-0.15, -0.1) is 11.8 Å². The van der Waals surface area contributed by atoms with Gasteiger partial charge >= 0.3 is 0 Å². The Balaban J connectivity index is 1.89. The highest BCUT2D eigenvalue weighted by molar-refractivity contribution is 7.99. The van der Waals surface area contributed by atoms with Crippen LogP contribution in [-0.4, -0.2) is 28.0 Å².